The van der Waals surface area contributed by atoms with Crippen LogP contribution >= 0.6 is 0 Å². The molecule has 3 nitrogen and oxygen atoms in total. The summed E-state index contributed by atoms with van der Waals surface area (Å²) >= 11 is 0. The van der Waals surface area contributed by atoms with Gasteiger partial charge in [-0.3, -0.25) is 0 Å². The van der Waals surface area contributed by atoms with Crippen molar-refractivity contribution in [2.45, 2.75) is 6.42 Å². The third-order valence-corrected chi connectivity index (χ3v) is 2.50. The van der Waals surface area contributed by atoms with Gasteiger partial charge in [-0.05, 0) is 42.0 Å². The van der Waals surface area contributed by atoms with Gasteiger partial charge in [-0.2, -0.15) is 5.26 Å². The largest absolute Gasteiger partial charge is 0.497 e. The van der Waals surface area contributed by atoms with Crippen molar-refractivity contribution < 1.29 is 9.47 Å². The van der Waals surface area contributed by atoms with Gasteiger partial charge in [0.1, 0.15) is 17.2 Å². The van der Waals surface area contributed by atoms with Crippen LogP contribution in [0.25, 0.3) is 0 Å². The average molecular weight is 239 g/mol. The standard InChI is InChI=1S/C15H13NO2/c1-17-13-6-8-15(9-7-13)18-14-4-2-12(3-5-14)10-11-16/h2-9H,10H2,1H3. The molecule has 0 aromatic heterocycles. The predicted molar refractivity (Wildman–Crippen MR) is 68.8 cm³/mol. The number of ether oxygens (including phenoxy) is 2. The number of hydrogen-bond acceptors (Lipinski definition) is 3. The fourth-order valence-corrected chi connectivity index (χ4v) is 1.55. The van der Waals surface area contributed by atoms with E-state index in [1.54, 1.807) is 7.11 Å². The van der Waals surface area contributed by atoms with Crippen LogP contribution in [0.5, 0.6) is 17.2 Å². The van der Waals surface area contributed by atoms with Crippen LogP contribution in [0, 0.1) is 11.3 Å². The first kappa shape index (κ1) is 12.0. The van der Waals surface area contributed by atoms with Gasteiger partial charge < -0.3 is 9.47 Å². The summed E-state index contributed by atoms with van der Waals surface area (Å²) in [6.45, 7) is 0. The maximum Gasteiger partial charge on any atom is 0.127 e. The molecule has 3 heteroatoms. The number of rotatable bonds is 4. The Hall–Kier alpha value is -2.47. The van der Waals surface area contributed by atoms with Crippen LogP contribution in [0.2, 0.25) is 0 Å². The van der Waals surface area contributed by atoms with Gasteiger partial charge in [0.25, 0.3) is 0 Å². The van der Waals surface area contributed by atoms with E-state index in [1.165, 1.54) is 0 Å². The Morgan fingerprint density at radius 1 is 0.889 bits per heavy atom. The van der Waals surface area contributed by atoms with Crippen molar-refractivity contribution in [3.63, 3.8) is 0 Å². The first-order valence-electron chi connectivity index (χ1n) is 5.59. The Morgan fingerprint density at radius 3 is 1.89 bits per heavy atom. The van der Waals surface area contributed by atoms with Crippen LogP contribution in [-0.4, -0.2) is 7.11 Å². The number of nitrogens with zero attached hydrogens (tertiary/aromatic N) is 1. The highest BCUT2D eigenvalue weighted by atomic mass is 16.5. The summed E-state index contributed by atoms with van der Waals surface area (Å²) in [4.78, 5) is 0. The fraction of sp³-hybridized carbons (Fsp3) is 0.133. The first-order valence-corrected chi connectivity index (χ1v) is 5.59. The number of methoxy groups -OCH3 is 1. The summed E-state index contributed by atoms with van der Waals surface area (Å²) < 4.78 is 10.7. The van der Waals surface area contributed by atoms with Crippen molar-refractivity contribution in [2.75, 3.05) is 7.11 Å². The minimum atomic E-state index is 0.419. The molecule has 0 heterocycles. The van der Waals surface area contributed by atoms with E-state index in [-0.39, 0.29) is 0 Å². The van der Waals surface area contributed by atoms with Gasteiger partial charge in [-0.15, -0.1) is 0 Å². The van der Waals surface area contributed by atoms with Crippen molar-refractivity contribution >= 4 is 0 Å². The lowest BCUT2D eigenvalue weighted by Crippen LogP contribution is -1.87. The molecule has 18 heavy (non-hydrogen) atoms. The molecule has 0 bridgehead atoms. The molecule has 0 amide bonds. The number of nitriles is 1. The van der Waals surface area contributed by atoms with Crippen molar-refractivity contribution in [1.82, 2.24) is 0 Å². The molecule has 2 aromatic rings. The molecule has 0 radical (unpaired) electrons. The zero-order chi connectivity index (χ0) is 12.8. The Morgan fingerprint density at radius 2 is 1.39 bits per heavy atom. The highest BCUT2D eigenvalue weighted by Gasteiger charge is 1.98. The third-order valence-electron chi connectivity index (χ3n) is 2.50. The zero-order valence-electron chi connectivity index (χ0n) is 10.1. The van der Waals surface area contributed by atoms with Crippen molar-refractivity contribution in [3.8, 4) is 23.3 Å². The van der Waals surface area contributed by atoms with Crippen LogP contribution in [0.1, 0.15) is 5.56 Å². The molecule has 0 fully saturated rings. The monoisotopic (exact) mass is 239 g/mol. The first-order chi connectivity index (χ1) is 8.81. The molecule has 0 atom stereocenters. The predicted octanol–water partition coefficient (Wildman–Crippen LogP) is 3.55. The van der Waals surface area contributed by atoms with Crippen LogP contribution in [0.3, 0.4) is 0 Å². The van der Waals surface area contributed by atoms with E-state index in [2.05, 4.69) is 6.07 Å². The summed E-state index contributed by atoms with van der Waals surface area (Å²) in [5, 5.41) is 8.58. The molecule has 90 valence electrons. The lowest BCUT2D eigenvalue weighted by Gasteiger charge is -2.06. The Labute approximate surface area is 106 Å². The highest BCUT2D eigenvalue weighted by molar-refractivity contribution is 5.36. The highest BCUT2D eigenvalue weighted by Crippen LogP contribution is 2.23. The van der Waals surface area contributed by atoms with Crippen molar-refractivity contribution in [3.05, 3.63) is 54.1 Å². The number of benzene rings is 2. The fourth-order valence-electron chi connectivity index (χ4n) is 1.55. The van der Waals surface area contributed by atoms with E-state index in [1.807, 2.05) is 48.5 Å². The van der Waals surface area contributed by atoms with Gasteiger partial charge >= 0.3 is 0 Å². The normalized spacial score (nSPS) is 9.56. The Kier molecular flexibility index (Phi) is 3.83. The van der Waals surface area contributed by atoms with Gasteiger partial charge in [0.2, 0.25) is 0 Å². The maximum absolute atomic E-state index is 8.58. The van der Waals surface area contributed by atoms with Gasteiger partial charge in [-0.25, -0.2) is 0 Å². The molecule has 0 aliphatic rings. The lowest BCUT2D eigenvalue weighted by molar-refractivity contribution is 0.413. The van der Waals surface area contributed by atoms with Crippen LogP contribution in [-0.2, 0) is 6.42 Å². The Bertz CT molecular complexity index is 538. The Balaban J connectivity index is 2.06. The topological polar surface area (TPSA) is 42.2 Å². The SMILES string of the molecule is COc1ccc(Oc2ccc(CC#N)cc2)cc1. The third kappa shape index (κ3) is 3.02. The summed E-state index contributed by atoms with van der Waals surface area (Å²) in [7, 11) is 1.63. The van der Waals surface area contributed by atoms with E-state index in [9.17, 15) is 0 Å². The van der Waals surface area contributed by atoms with Crippen LogP contribution in [0.15, 0.2) is 48.5 Å². The minimum absolute atomic E-state index is 0.419. The average Bonchev–Trinajstić information content (AvgIpc) is 2.42. The molecule has 0 aliphatic carbocycles. The molecule has 2 aromatic carbocycles. The van der Waals surface area contributed by atoms with Gasteiger partial charge in [-0.1, -0.05) is 12.1 Å². The number of hydrogen-bond donors (Lipinski definition) is 0. The van der Waals surface area contributed by atoms with Crippen molar-refractivity contribution in [1.29, 1.82) is 5.26 Å². The van der Waals surface area contributed by atoms with Gasteiger partial charge in [0.15, 0.2) is 0 Å². The van der Waals surface area contributed by atoms with Gasteiger partial charge in [0, 0.05) is 0 Å². The molecule has 0 N–H and O–H groups in total. The second-order valence-corrected chi connectivity index (χ2v) is 3.76. The quantitative estimate of drug-likeness (QED) is 0.819. The van der Waals surface area contributed by atoms with E-state index in [4.69, 9.17) is 14.7 Å². The molecule has 0 unspecified atom stereocenters. The summed E-state index contributed by atoms with van der Waals surface area (Å²) in [5.74, 6) is 2.30. The molecule has 0 spiro atoms. The molecule has 2 rings (SSSR count). The molecule has 0 saturated heterocycles. The lowest BCUT2D eigenvalue weighted by atomic mass is 10.2. The molecular weight excluding hydrogens is 226 g/mol. The van der Waals surface area contributed by atoms with E-state index >= 15 is 0 Å². The van der Waals surface area contributed by atoms with Crippen LogP contribution in [0.4, 0.5) is 0 Å². The summed E-state index contributed by atoms with van der Waals surface area (Å²) in [6.07, 6.45) is 0.419. The molecule has 0 aliphatic heterocycles. The molecule has 0 saturated carbocycles. The zero-order valence-corrected chi connectivity index (χ0v) is 10.1. The smallest absolute Gasteiger partial charge is 0.127 e. The maximum atomic E-state index is 8.58. The van der Waals surface area contributed by atoms with Gasteiger partial charge in [0.05, 0.1) is 19.6 Å². The van der Waals surface area contributed by atoms with E-state index < -0.39 is 0 Å². The second-order valence-electron chi connectivity index (χ2n) is 3.76. The van der Waals surface area contributed by atoms with E-state index in [0.29, 0.717) is 6.42 Å². The minimum Gasteiger partial charge on any atom is -0.497 e. The molecular formula is C15H13NO2. The summed E-state index contributed by atoms with van der Waals surface area (Å²) in [6, 6.07) is 17.0. The van der Waals surface area contributed by atoms with E-state index in [0.717, 1.165) is 22.8 Å². The second kappa shape index (κ2) is 5.74. The van der Waals surface area contributed by atoms with Crippen LogP contribution < -0.4 is 9.47 Å². The van der Waals surface area contributed by atoms with Crippen molar-refractivity contribution in [2.24, 2.45) is 0 Å². The summed E-state index contributed by atoms with van der Waals surface area (Å²) in [5.41, 5.74) is 0.986.